The smallest absolute Gasteiger partial charge is 0.265 e. The number of amides is 1. The Hall–Kier alpha value is -2.06. The third kappa shape index (κ3) is 2.22. The van der Waals surface area contributed by atoms with E-state index in [9.17, 15) is 4.79 Å². The monoisotopic (exact) mass is 231 g/mol. The fourth-order valence-electron chi connectivity index (χ4n) is 1.81. The molecule has 1 aliphatic rings. The highest BCUT2D eigenvalue weighted by Gasteiger charge is 2.25. The number of hydrogen-bond donors (Lipinski definition) is 1. The summed E-state index contributed by atoms with van der Waals surface area (Å²) < 4.78 is 5.31. The van der Waals surface area contributed by atoms with Gasteiger partial charge in [-0.15, -0.1) is 0 Å². The number of ether oxygens (including phenoxy) is 1. The fourth-order valence-corrected chi connectivity index (χ4v) is 1.81. The molecular formula is C12H13N3O2. The molecule has 17 heavy (non-hydrogen) atoms. The molecule has 1 aliphatic heterocycles. The first-order valence-electron chi connectivity index (χ1n) is 5.39. The molecule has 1 aromatic rings. The summed E-state index contributed by atoms with van der Waals surface area (Å²) >= 11 is 0. The Morgan fingerprint density at radius 1 is 1.53 bits per heavy atom. The highest BCUT2D eigenvalue weighted by atomic mass is 16.5. The summed E-state index contributed by atoms with van der Waals surface area (Å²) in [5, 5.41) is 8.73. The molecule has 0 aromatic heterocycles. The summed E-state index contributed by atoms with van der Waals surface area (Å²) in [6, 6.07) is 7.58. The second-order valence-electron chi connectivity index (χ2n) is 3.77. The van der Waals surface area contributed by atoms with Crippen LogP contribution >= 0.6 is 0 Å². The summed E-state index contributed by atoms with van der Waals surface area (Å²) in [6.45, 7) is 0.581. The van der Waals surface area contributed by atoms with Gasteiger partial charge < -0.3 is 10.5 Å². The number of nitrogens with two attached hydrogens (primary N) is 1. The van der Waals surface area contributed by atoms with E-state index in [0.717, 1.165) is 12.0 Å². The number of rotatable bonds is 3. The van der Waals surface area contributed by atoms with Crippen LogP contribution in [0.5, 0.6) is 5.75 Å². The maximum Gasteiger partial charge on any atom is 0.265 e. The summed E-state index contributed by atoms with van der Waals surface area (Å²) in [6.07, 6.45) is 0.738. The van der Waals surface area contributed by atoms with Crippen molar-refractivity contribution in [3.05, 3.63) is 23.8 Å². The second-order valence-corrected chi connectivity index (χ2v) is 3.77. The molecule has 0 aliphatic carbocycles. The van der Waals surface area contributed by atoms with Gasteiger partial charge in [-0.3, -0.25) is 9.69 Å². The van der Waals surface area contributed by atoms with E-state index in [1.54, 1.807) is 0 Å². The maximum atomic E-state index is 11.6. The molecule has 1 amide bonds. The zero-order valence-corrected chi connectivity index (χ0v) is 9.35. The highest BCUT2D eigenvalue weighted by Crippen LogP contribution is 2.32. The molecular weight excluding hydrogens is 218 g/mol. The summed E-state index contributed by atoms with van der Waals surface area (Å²) in [7, 11) is 0. The number of carbonyl (C=O) groups excluding carboxylic acids is 1. The van der Waals surface area contributed by atoms with Crippen molar-refractivity contribution < 1.29 is 9.53 Å². The first-order valence-corrected chi connectivity index (χ1v) is 5.39. The van der Waals surface area contributed by atoms with Crippen LogP contribution in [0.2, 0.25) is 0 Å². The minimum atomic E-state index is -0.191. The van der Waals surface area contributed by atoms with Crippen LogP contribution in [-0.4, -0.2) is 25.6 Å². The van der Waals surface area contributed by atoms with Gasteiger partial charge in [0.1, 0.15) is 12.3 Å². The molecule has 0 saturated heterocycles. The molecule has 2 rings (SSSR count). The Bertz CT molecular complexity index is 479. The highest BCUT2D eigenvalue weighted by molar-refractivity contribution is 5.98. The van der Waals surface area contributed by atoms with Crippen molar-refractivity contribution in [2.75, 3.05) is 24.6 Å². The number of anilines is 1. The second kappa shape index (κ2) is 4.85. The zero-order valence-electron chi connectivity index (χ0n) is 9.35. The quantitative estimate of drug-likeness (QED) is 0.765. The van der Waals surface area contributed by atoms with Gasteiger partial charge in [-0.25, -0.2) is 0 Å². The summed E-state index contributed by atoms with van der Waals surface area (Å²) in [4.78, 5) is 13.1. The molecule has 88 valence electrons. The van der Waals surface area contributed by atoms with Crippen LogP contribution < -0.4 is 15.4 Å². The molecule has 0 fully saturated rings. The molecule has 0 spiro atoms. The van der Waals surface area contributed by atoms with Gasteiger partial charge in [0.05, 0.1) is 11.8 Å². The Balaban J connectivity index is 2.38. The normalized spacial score (nSPS) is 13.9. The first kappa shape index (κ1) is 11.4. The number of carbonyl (C=O) groups is 1. The molecule has 0 bridgehead atoms. The largest absolute Gasteiger partial charge is 0.482 e. The van der Waals surface area contributed by atoms with Gasteiger partial charge in [0.25, 0.3) is 5.91 Å². The molecule has 0 unspecified atom stereocenters. The Morgan fingerprint density at radius 2 is 2.35 bits per heavy atom. The van der Waals surface area contributed by atoms with Crippen LogP contribution in [0.1, 0.15) is 5.56 Å². The fraction of sp³-hybridized carbons (Fsp3) is 0.333. The van der Waals surface area contributed by atoms with E-state index >= 15 is 0 Å². The number of benzene rings is 1. The van der Waals surface area contributed by atoms with Crippen molar-refractivity contribution in [1.82, 2.24) is 0 Å². The lowest BCUT2D eigenvalue weighted by molar-refractivity contribution is -0.121. The average molecular weight is 231 g/mol. The standard InChI is InChI=1S/C12H13N3O2/c13-4-3-9-1-2-11-10(7-9)15(6-5-14)12(16)8-17-11/h1-2,7H,3-4,6,8,13H2. The third-order valence-corrected chi connectivity index (χ3v) is 2.63. The molecule has 1 aromatic carbocycles. The molecule has 0 radical (unpaired) electrons. The lowest BCUT2D eigenvalue weighted by Gasteiger charge is -2.27. The van der Waals surface area contributed by atoms with E-state index in [1.807, 2.05) is 24.3 Å². The van der Waals surface area contributed by atoms with Crippen molar-refractivity contribution in [3.63, 3.8) is 0 Å². The van der Waals surface area contributed by atoms with Crippen LogP contribution in [0.25, 0.3) is 0 Å². The molecule has 0 saturated carbocycles. The number of fused-ring (bicyclic) bond motifs is 1. The van der Waals surface area contributed by atoms with E-state index < -0.39 is 0 Å². The number of nitrogens with zero attached hydrogens (tertiary/aromatic N) is 2. The van der Waals surface area contributed by atoms with Crippen LogP contribution in [0, 0.1) is 11.3 Å². The minimum Gasteiger partial charge on any atom is -0.482 e. The molecule has 2 N–H and O–H groups in total. The molecule has 0 atom stereocenters. The molecule has 5 heteroatoms. The number of nitriles is 1. The van der Waals surface area contributed by atoms with Gasteiger partial charge in [-0.1, -0.05) is 6.07 Å². The number of hydrogen-bond acceptors (Lipinski definition) is 4. The zero-order chi connectivity index (χ0) is 12.3. The lowest BCUT2D eigenvalue weighted by atomic mass is 10.1. The summed E-state index contributed by atoms with van der Waals surface area (Å²) in [5.74, 6) is 0.449. The van der Waals surface area contributed by atoms with E-state index in [4.69, 9.17) is 15.7 Å². The van der Waals surface area contributed by atoms with Gasteiger partial charge in [0, 0.05) is 0 Å². The molecule has 1 heterocycles. The van der Waals surface area contributed by atoms with Crippen LogP contribution in [0.3, 0.4) is 0 Å². The predicted octanol–water partition coefficient (Wildman–Crippen LogP) is 0.437. The topological polar surface area (TPSA) is 79.3 Å². The predicted molar refractivity (Wildman–Crippen MR) is 62.7 cm³/mol. The third-order valence-electron chi connectivity index (χ3n) is 2.63. The lowest BCUT2D eigenvalue weighted by Crippen LogP contribution is -2.39. The average Bonchev–Trinajstić information content (AvgIpc) is 2.33. The van der Waals surface area contributed by atoms with Gasteiger partial charge in [-0.2, -0.15) is 5.26 Å². The Labute approximate surface area is 99.4 Å². The van der Waals surface area contributed by atoms with Gasteiger partial charge in [0.2, 0.25) is 0 Å². The van der Waals surface area contributed by atoms with E-state index in [0.29, 0.717) is 18.0 Å². The van der Waals surface area contributed by atoms with Gasteiger partial charge in [0.15, 0.2) is 6.61 Å². The Morgan fingerprint density at radius 3 is 3.06 bits per heavy atom. The molecule has 5 nitrogen and oxygen atoms in total. The van der Waals surface area contributed by atoms with Crippen LogP contribution in [0.4, 0.5) is 5.69 Å². The minimum absolute atomic E-state index is 0.00901. The maximum absolute atomic E-state index is 11.6. The van der Waals surface area contributed by atoms with Crippen LogP contribution in [0.15, 0.2) is 18.2 Å². The van der Waals surface area contributed by atoms with Gasteiger partial charge >= 0.3 is 0 Å². The van der Waals surface area contributed by atoms with Crippen molar-refractivity contribution in [3.8, 4) is 11.8 Å². The van der Waals surface area contributed by atoms with Crippen molar-refractivity contribution >= 4 is 11.6 Å². The van der Waals surface area contributed by atoms with Crippen molar-refractivity contribution in [2.24, 2.45) is 5.73 Å². The van der Waals surface area contributed by atoms with Crippen molar-refractivity contribution in [2.45, 2.75) is 6.42 Å². The summed E-state index contributed by atoms with van der Waals surface area (Å²) in [5.41, 5.74) is 7.19. The van der Waals surface area contributed by atoms with E-state index in [2.05, 4.69) is 0 Å². The van der Waals surface area contributed by atoms with Gasteiger partial charge in [-0.05, 0) is 30.7 Å². The van der Waals surface area contributed by atoms with Crippen molar-refractivity contribution in [1.29, 1.82) is 5.26 Å². The van der Waals surface area contributed by atoms with Crippen LogP contribution in [-0.2, 0) is 11.2 Å². The van der Waals surface area contributed by atoms with E-state index in [1.165, 1.54) is 4.90 Å². The Kier molecular flexibility index (Phi) is 3.26. The SMILES string of the molecule is N#CCN1C(=O)COc2ccc(CCN)cc21. The van der Waals surface area contributed by atoms with E-state index in [-0.39, 0.29) is 19.1 Å². The first-order chi connectivity index (χ1) is 8.26.